The molecular weight excluding hydrogens is 280 g/mol. The van der Waals surface area contributed by atoms with Crippen LogP contribution in [0.2, 0.25) is 0 Å². The predicted molar refractivity (Wildman–Crippen MR) is 96.3 cm³/mol. The molecule has 0 saturated heterocycles. The number of Topliss-reactive ketones (excluding diaryl/α,β-unsaturated/α-hetero) is 1. The van der Waals surface area contributed by atoms with Crippen LogP contribution in [0.4, 0.5) is 0 Å². The summed E-state index contributed by atoms with van der Waals surface area (Å²) in [5.74, 6) is 0.0792. The zero-order valence-corrected chi connectivity index (χ0v) is 13.1. The summed E-state index contributed by atoms with van der Waals surface area (Å²) < 4.78 is 0. The lowest BCUT2D eigenvalue weighted by atomic mass is 9.91. The minimum atomic E-state index is 0.0792. The predicted octanol–water partition coefficient (Wildman–Crippen LogP) is 5.48. The lowest BCUT2D eigenvalue weighted by molar-refractivity contribution is 0.101. The minimum Gasteiger partial charge on any atom is -0.294 e. The molecule has 0 radical (unpaired) electrons. The van der Waals surface area contributed by atoms with E-state index in [1.165, 1.54) is 0 Å². The third-order valence-electron chi connectivity index (χ3n) is 3.79. The van der Waals surface area contributed by atoms with E-state index in [0.717, 1.165) is 27.8 Å². The zero-order chi connectivity index (χ0) is 16.1. The molecule has 0 saturated carbocycles. The number of benzene rings is 3. The average molecular weight is 298 g/mol. The number of rotatable bonds is 4. The maximum absolute atomic E-state index is 12.0. The Balaban J connectivity index is 2.22. The van der Waals surface area contributed by atoms with E-state index in [2.05, 4.69) is 30.3 Å². The van der Waals surface area contributed by atoms with Crippen molar-refractivity contribution in [1.29, 1.82) is 0 Å². The van der Waals surface area contributed by atoms with E-state index in [1.807, 2.05) is 60.7 Å². The van der Waals surface area contributed by atoms with Gasteiger partial charge in [0.05, 0.1) is 0 Å². The standard InChI is InChI=1S/C22H18O/c1-17(23)20-14-8-9-15-21(20)22(19-12-6-3-7-13-19)16-18-10-4-2-5-11-18/h2-16H,1H3. The van der Waals surface area contributed by atoms with Crippen molar-refractivity contribution < 1.29 is 4.79 Å². The molecule has 3 rings (SSSR count). The Morgan fingerprint density at radius 2 is 1.22 bits per heavy atom. The Kier molecular flexibility index (Phi) is 4.49. The van der Waals surface area contributed by atoms with E-state index in [9.17, 15) is 4.79 Å². The van der Waals surface area contributed by atoms with Crippen LogP contribution < -0.4 is 0 Å². The Labute approximate surface area is 136 Å². The van der Waals surface area contributed by atoms with Gasteiger partial charge in [-0.05, 0) is 35.3 Å². The molecule has 0 spiro atoms. The van der Waals surface area contributed by atoms with E-state index in [0.29, 0.717) is 0 Å². The van der Waals surface area contributed by atoms with Gasteiger partial charge in [-0.15, -0.1) is 0 Å². The van der Waals surface area contributed by atoms with Crippen LogP contribution in [0, 0.1) is 0 Å². The molecule has 3 aromatic rings. The molecule has 0 fully saturated rings. The first-order chi connectivity index (χ1) is 11.3. The molecule has 0 N–H and O–H groups in total. The molecule has 0 aliphatic carbocycles. The van der Waals surface area contributed by atoms with Gasteiger partial charge in [-0.3, -0.25) is 4.79 Å². The lowest BCUT2D eigenvalue weighted by Crippen LogP contribution is -2.00. The van der Waals surface area contributed by atoms with Gasteiger partial charge in [0, 0.05) is 5.56 Å². The third kappa shape index (κ3) is 3.46. The quantitative estimate of drug-likeness (QED) is 0.460. The molecule has 0 bridgehead atoms. The van der Waals surface area contributed by atoms with Crippen LogP contribution >= 0.6 is 0 Å². The molecule has 1 nitrogen and oxygen atoms in total. The number of hydrogen-bond donors (Lipinski definition) is 0. The van der Waals surface area contributed by atoms with Gasteiger partial charge < -0.3 is 0 Å². The highest BCUT2D eigenvalue weighted by Gasteiger charge is 2.12. The Bertz CT molecular complexity index is 830. The molecule has 1 heteroatoms. The van der Waals surface area contributed by atoms with Gasteiger partial charge in [0.15, 0.2) is 5.78 Å². The van der Waals surface area contributed by atoms with E-state index in [-0.39, 0.29) is 5.78 Å². The summed E-state index contributed by atoms with van der Waals surface area (Å²) in [4.78, 5) is 12.0. The second-order valence-corrected chi connectivity index (χ2v) is 5.44. The van der Waals surface area contributed by atoms with E-state index >= 15 is 0 Å². The van der Waals surface area contributed by atoms with Crippen LogP contribution in [0.15, 0.2) is 84.9 Å². The van der Waals surface area contributed by atoms with Crippen LogP contribution in [0.3, 0.4) is 0 Å². The Morgan fingerprint density at radius 3 is 1.83 bits per heavy atom. The van der Waals surface area contributed by atoms with Crippen molar-refractivity contribution in [3.8, 4) is 0 Å². The highest BCUT2D eigenvalue weighted by molar-refractivity contribution is 6.03. The fourth-order valence-electron chi connectivity index (χ4n) is 2.68. The minimum absolute atomic E-state index is 0.0792. The first kappa shape index (κ1) is 15.0. The summed E-state index contributed by atoms with van der Waals surface area (Å²) in [5, 5.41) is 0. The van der Waals surface area contributed by atoms with E-state index in [1.54, 1.807) is 6.92 Å². The first-order valence-electron chi connectivity index (χ1n) is 7.68. The number of carbonyl (C=O) groups excluding carboxylic acids is 1. The van der Waals surface area contributed by atoms with Gasteiger partial charge >= 0.3 is 0 Å². The van der Waals surface area contributed by atoms with Crippen LogP contribution in [0.5, 0.6) is 0 Å². The molecule has 0 aliphatic rings. The summed E-state index contributed by atoms with van der Waals surface area (Å²) in [6, 6.07) is 28.2. The molecule has 0 amide bonds. The SMILES string of the molecule is CC(=O)c1ccccc1C(=Cc1ccccc1)c1ccccc1. The molecular formula is C22H18O. The summed E-state index contributed by atoms with van der Waals surface area (Å²) >= 11 is 0. The van der Waals surface area contributed by atoms with Crippen molar-refractivity contribution in [2.24, 2.45) is 0 Å². The van der Waals surface area contributed by atoms with Gasteiger partial charge in [-0.25, -0.2) is 0 Å². The molecule has 112 valence electrons. The van der Waals surface area contributed by atoms with Crippen molar-refractivity contribution in [3.05, 3.63) is 107 Å². The van der Waals surface area contributed by atoms with Crippen molar-refractivity contribution in [2.45, 2.75) is 6.92 Å². The maximum atomic E-state index is 12.0. The Morgan fingerprint density at radius 1 is 0.696 bits per heavy atom. The van der Waals surface area contributed by atoms with Gasteiger partial charge in [-0.1, -0.05) is 84.9 Å². The van der Waals surface area contributed by atoms with Crippen LogP contribution in [0.1, 0.15) is 34.0 Å². The summed E-state index contributed by atoms with van der Waals surface area (Å²) in [6.45, 7) is 1.62. The fraction of sp³-hybridized carbons (Fsp3) is 0.0455. The van der Waals surface area contributed by atoms with Gasteiger partial charge in [0.25, 0.3) is 0 Å². The molecule has 0 heterocycles. The highest BCUT2D eigenvalue weighted by Crippen LogP contribution is 2.28. The monoisotopic (exact) mass is 298 g/mol. The van der Waals surface area contributed by atoms with Crippen LogP contribution in [0.25, 0.3) is 11.6 Å². The van der Waals surface area contributed by atoms with Crippen molar-refractivity contribution >= 4 is 17.4 Å². The molecule has 0 unspecified atom stereocenters. The molecule has 23 heavy (non-hydrogen) atoms. The maximum Gasteiger partial charge on any atom is 0.160 e. The average Bonchev–Trinajstić information content (AvgIpc) is 2.61. The Hall–Kier alpha value is -2.93. The van der Waals surface area contributed by atoms with Gasteiger partial charge in [0.2, 0.25) is 0 Å². The molecule has 3 aromatic carbocycles. The van der Waals surface area contributed by atoms with Crippen molar-refractivity contribution in [3.63, 3.8) is 0 Å². The second-order valence-electron chi connectivity index (χ2n) is 5.44. The zero-order valence-electron chi connectivity index (χ0n) is 13.1. The van der Waals surface area contributed by atoms with Crippen LogP contribution in [-0.4, -0.2) is 5.78 Å². The molecule has 0 aliphatic heterocycles. The fourth-order valence-corrected chi connectivity index (χ4v) is 2.68. The van der Waals surface area contributed by atoms with Crippen molar-refractivity contribution in [2.75, 3.05) is 0 Å². The third-order valence-corrected chi connectivity index (χ3v) is 3.79. The lowest BCUT2D eigenvalue weighted by Gasteiger charge is -2.12. The number of carbonyl (C=O) groups is 1. The number of hydrogen-bond acceptors (Lipinski definition) is 1. The van der Waals surface area contributed by atoms with E-state index in [4.69, 9.17) is 0 Å². The van der Waals surface area contributed by atoms with Crippen LogP contribution in [-0.2, 0) is 0 Å². The summed E-state index contributed by atoms with van der Waals surface area (Å²) in [7, 11) is 0. The normalized spacial score (nSPS) is 11.3. The summed E-state index contributed by atoms with van der Waals surface area (Å²) in [6.07, 6.45) is 2.14. The second kappa shape index (κ2) is 6.89. The summed E-state index contributed by atoms with van der Waals surface area (Å²) in [5.41, 5.74) is 4.99. The molecule has 0 aromatic heterocycles. The van der Waals surface area contributed by atoms with Gasteiger partial charge in [-0.2, -0.15) is 0 Å². The topological polar surface area (TPSA) is 17.1 Å². The smallest absolute Gasteiger partial charge is 0.160 e. The largest absolute Gasteiger partial charge is 0.294 e. The first-order valence-corrected chi connectivity index (χ1v) is 7.68. The van der Waals surface area contributed by atoms with Crippen molar-refractivity contribution in [1.82, 2.24) is 0 Å². The highest BCUT2D eigenvalue weighted by atomic mass is 16.1. The number of ketones is 1. The molecule has 0 atom stereocenters. The van der Waals surface area contributed by atoms with E-state index < -0.39 is 0 Å². The van der Waals surface area contributed by atoms with Gasteiger partial charge in [0.1, 0.15) is 0 Å².